The summed E-state index contributed by atoms with van der Waals surface area (Å²) in [6, 6.07) is 6.82. The first-order chi connectivity index (χ1) is 14.4. The molecule has 8 heteroatoms. The second-order valence-corrected chi connectivity index (χ2v) is 10.1. The van der Waals surface area contributed by atoms with Gasteiger partial charge in [0.2, 0.25) is 21.8 Å². The van der Waals surface area contributed by atoms with E-state index in [0.717, 1.165) is 44.1 Å². The quantitative estimate of drug-likeness (QED) is 0.551. The molecule has 7 nitrogen and oxygen atoms in total. The number of nitrogens with zero attached hydrogens (tertiary/aromatic N) is 1. The number of hydrogen-bond acceptors (Lipinski definition) is 4. The molecule has 1 atom stereocenters. The molecule has 0 radical (unpaired) electrons. The largest absolute Gasteiger partial charge is 0.356 e. The van der Waals surface area contributed by atoms with Crippen LogP contribution in [0.2, 0.25) is 0 Å². The van der Waals surface area contributed by atoms with Gasteiger partial charge in [-0.25, -0.2) is 13.1 Å². The fourth-order valence-corrected chi connectivity index (χ4v) is 4.99. The van der Waals surface area contributed by atoms with Gasteiger partial charge in [0.15, 0.2) is 0 Å². The second kappa shape index (κ2) is 10.4. The number of carbonyl (C=O) groups is 2. The summed E-state index contributed by atoms with van der Waals surface area (Å²) in [6.45, 7) is 3.97. The number of sulfonamides is 1. The summed E-state index contributed by atoms with van der Waals surface area (Å²) in [6.07, 6.45) is 6.39. The minimum Gasteiger partial charge on any atom is -0.356 e. The van der Waals surface area contributed by atoms with E-state index in [1.165, 1.54) is 0 Å². The summed E-state index contributed by atoms with van der Waals surface area (Å²) in [5, 5.41) is 2.97. The Morgan fingerprint density at radius 3 is 2.53 bits per heavy atom. The Labute approximate surface area is 179 Å². The highest BCUT2D eigenvalue weighted by molar-refractivity contribution is 7.89. The highest BCUT2D eigenvalue weighted by atomic mass is 32.2. The Kier molecular flexibility index (Phi) is 7.88. The molecule has 0 aromatic heterocycles. The summed E-state index contributed by atoms with van der Waals surface area (Å²) in [5.41, 5.74) is 0.930. The molecule has 0 bridgehead atoms. The maximum absolute atomic E-state index is 12.6. The van der Waals surface area contributed by atoms with Gasteiger partial charge in [-0.05, 0) is 56.2 Å². The van der Waals surface area contributed by atoms with Crippen LogP contribution in [0.3, 0.4) is 0 Å². The van der Waals surface area contributed by atoms with Gasteiger partial charge in [-0.3, -0.25) is 9.59 Å². The van der Waals surface area contributed by atoms with E-state index in [2.05, 4.69) is 17.0 Å². The molecule has 1 saturated carbocycles. The molecule has 2 amide bonds. The minimum absolute atomic E-state index is 0.0492. The van der Waals surface area contributed by atoms with Crippen LogP contribution in [0.25, 0.3) is 0 Å². The Morgan fingerprint density at radius 2 is 1.87 bits per heavy atom. The van der Waals surface area contributed by atoms with E-state index < -0.39 is 10.0 Å². The van der Waals surface area contributed by atoms with Crippen molar-refractivity contribution in [1.29, 1.82) is 0 Å². The van der Waals surface area contributed by atoms with Crippen LogP contribution < -0.4 is 10.0 Å². The van der Waals surface area contributed by atoms with Crippen molar-refractivity contribution < 1.29 is 18.0 Å². The van der Waals surface area contributed by atoms with Crippen LogP contribution in [0.5, 0.6) is 0 Å². The van der Waals surface area contributed by atoms with Crippen LogP contribution in [-0.2, 0) is 26.0 Å². The SMILES string of the molecule is CCCCNC(=O)C1CCCN(C(=O)CCc2ccc(S(=O)(=O)NC3CC3)cc2)C1. The van der Waals surface area contributed by atoms with Gasteiger partial charge in [-0.1, -0.05) is 25.5 Å². The van der Waals surface area contributed by atoms with E-state index in [1.807, 2.05) is 0 Å². The number of amides is 2. The Morgan fingerprint density at radius 1 is 1.13 bits per heavy atom. The molecular weight excluding hydrogens is 402 g/mol. The lowest BCUT2D eigenvalue weighted by atomic mass is 9.96. The number of rotatable bonds is 10. The van der Waals surface area contributed by atoms with Crippen molar-refractivity contribution in [2.75, 3.05) is 19.6 Å². The normalized spacial score (nSPS) is 19.5. The van der Waals surface area contributed by atoms with Crippen LogP contribution in [-0.4, -0.2) is 50.8 Å². The zero-order valence-electron chi connectivity index (χ0n) is 17.7. The van der Waals surface area contributed by atoms with Crippen LogP contribution in [0, 0.1) is 5.92 Å². The average molecular weight is 436 g/mol. The lowest BCUT2D eigenvalue weighted by Gasteiger charge is -2.32. The predicted octanol–water partition coefficient (Wildman–Crippen LogP) is 2.21. The molecule has 1 heterocycles. The molecule has 0 spiro atoms. The smallest absolute Gasteiger partial charge is 0.240 e. The van der Waals surface area contributed by atoms with Crippen LogP contribution >= 0.6 is 0 Å². The molecule has 30 heavy (non-hydrogen) atoms. The number of hydrogen-bond donors (Lipinski definition) is 2. The first kappa shape index (κ1) is 22.7. The topological polar surface area (TPSA) is 95.6 Å². The van der Waals surface area contributed by atoms with Crippen molar-refractivity contribution in [3.8, 4) is 0 Å². The summed E-state index contributed by atoms with van der Waals surface area (Å²) < 4.78 is 27.1. The van der Waals surface area contributed by atoms with Gasteiger partial charge in [0.05, 0.1) is 10.8 Å². The average Bonchev–Trinajstić information content (AvgIpc) is 3.56. The summed E-state index contributed by atoms with van der Waals surface area (Å²) in [4.78, 5) is 27.0. The highest BCUT2D eigenvalue weighted by Crippen LogP contribution is 2.23. The zero-order valence-corrected chi connectivity index (χ0v) is 18.5. The van der Waals surface area contributed by atoms with Crippen LogP contribution in [0.1, 0.15) is 57.4 Å². The maximum atomic E-state index is 12.6. The fraction of sp³-hybridized carbons (Fsp3) is 0.636. The fourth-order valence-electron chi connectivity index (χ4n) is 3.68. The van der Waals surface area contributed by atoms with Gasteiger partial charge in [-0.2, -0.15) is 0 Å². The number of benzene rings is 1. The lowest BCUT2D eigenvalue weighted by molar-refractivity contribution is -0.135. The van der Waals surface area contributed by atoms with Gasteiger partial charge in [0, 0.05) is 32.1 Å². The standard InChI is InChI=1S/C22H33N3O4S/c1-2-3-14-23-22(27)18-5-4-15-25(16-18)21(26)13-8-17-6-11-20(12-7-17)30(28,29)24-19-9-10-19/h6-7,11-12,18-19,24H,2-5,8-10,13-16H2,1H3,(H,23,27). The molecule has 1 aliphatic heterocycles. The van der Waals surface area contributed by atoms with Crippen molar-refractivity contribution in [3.63, 3.8) is 0 Å². The van der Waals surface area contributed by atoms with Crippen molar-refractivity contribution in [3.05, 3.63) is 29.8 Å². The van der Waals surface area contributed by atoms with E-state index in [9.17, 15) is 18.0 Å². The third kappa shape index (κ3) is 6.54. The van der Waals surface area contributed by atoms with Gasteiger partial charge >= 0.3 is 0 Å². The molecule has 1 aliphatic carbocycles. The number of aryl methyl sites for hydroxylation is 1. The number of nitrogens with one attached hydrogen (secondary N) is 2. The number of likely N-dealkylation sites (tertiary alicyclic amines) is 1. The molecule has 166 valence electrons. The van der Waals surface area contributed by atoms with E-state index in [4.69, 9.17) is 0 Å². The van der Waals surface area contributed by atoms with Crippen molar-refractivity contribution in [2.45, 2.75) is 69.2 Å². The molecular formula is C22H33N3O4S. The third-order valence-electron chi connectivity index (χ3n) is 5.73. The lowest BCUT2D eigenvalue weighted by Crippen LogP contribution is -2.45. The molecule has 2 fully saturated rings. The van der Waals surface area contributed by atoms with E-state index in [-0.39, 0.29) is 28.7 Å². The monoisotopic (exact) mass is 435 g/mol. The minimum atomic E-state index is -3.45. The predicted molar refractivity (Wildman–Crippen MR) is 115 cm³/mol. The molecule has 2 aliphatic rings. The van der Waals surface area contributed by atoms with Gasteiger partial charge in [0.1, 0.15) is 0 Å². The summed E-state index contributed by atoms with van der Waals surface area (Å²) in [7, 11) is -3.45. The van der Waals surface area contributed by atoms with E-state index >= 15 is 0 Å². The number of piperidine rings is 1. The second-order valence-electron chi connectivity index (χ2n) is 8.36. The summed E-state index contributed by atoms with van der Waals surface area (Å²) in [5.74, 6) is -0.0197. The molecule has 3 rings (SSSR count). The first-order valence-corrected chi connectivity index (χ1v) is 12.5. The number of carbonyl (C=O) groups excluding carboxylic acids is 2. The Bertz CT molecular complexity index is 834. The van der Waals surface area contributed by atoms with Crippen molar-refractivity contribution in [1.82, 2.24) is 14.9 Å². The third-order valence-corrected chi connectivity index (χ3v) is 7.27. The van der Waals surface area contributed by atoms with Crippen LogP contribution in [0.4, 0.5) is 0 Å². The first-order valence-electron chi connectivity index (χ1n) is 11.1. The Balaban J connectivity index is 1.47. The highest BCUT2D eigenvalue weighted by Gasteiger charge is 2.29. The van der Waals surface area contributed by atoms with Gasteiger partial charge in [-0.15, -0.1) is 0 Å². The zero-order chi connectivity index (χ0) is 21.6. The van der Waals surface area contributed by atoms with Gasteiger partial charge < -0.3 is 10.2 Å². The summed E-state index contributed by atoms with van der Waals surface area (Å²) >= 11 is 0. The van der Waals surface area contributed by atoms with E-state index in [1.54, 1.807) is 29.2 Å². The molecule has 1 aromatic carbocycles. The molecule has 2 N–H and O–H groups in total. The number of unbranched alkanes of at least 4 members (excludes halogenated alkanes) is 1. The van der Waals surface area contributed by atoms with Crippen molar-refractivity contribution >= 4 is 21.8 Å². The van der Waals surface area contributed by atoms with E-state index in [0.29, 0.717) is 32.5 Å². The van der Waals surface area contributed by atoms with Crippen LogP contribution in [0.15, 0.2) is 29.2 Å². The molecule has 1 aromatic rings. The molecule has 1 saturated heterocycles. The maximum Gasteiger partial charge on any atom is 0.240 e. The van der Waals surface area contributed by atoms with Gasteiger partial charge in [0.25, 0.3) is 0 Å². The van der Waals surface area contributed by atoms with Crippen molar-refractivity contribution in [2.24, 2.45) is 5.92 Å². The Hall–Kier alpha value is -1.93. The molecule has 1 unspecified atom stereocenters.